The van der Waals surface area contributed by atoms with Gasteiger partial charge >= 0.3 is 6.03 Å². The summed E-state index contributed by atoms with van der Waals surface area (Å²) in [4.78, 5) is 51.7. The first-order chi connectivity index (χ1) is 13.9. The number of nitrogens with zero attached hydrogens (tertiary/aromatic N) is 2. The molecule has 0 saturated carbocycles. The van der Waals surface area contributed by atoms with E-state index in [2.05, 4.69) is 5.32 Å². The summed E-state index contributed by atoms with van der Waals surface area (Å²) in [7, 11) is 1.67. The number of benzene rings is 1. The molecular weight excluding hydrogens is 370 g/mol. The number of allylic oxidation sites excluding steroid dienone is 1. The number of nitrogens with one attached hydrogen (secondary N) is 1. The zero-order valence-corrected chi connectivity index (χ0v) is 17.5. The van der Waals surface area contributed by atoms with Crippen molar-refractivity contribution in [3.05, 3.63) is 41.0 Å². The smallest absolute Gasteiger partial charge is 0.317 e. The highest BCUT2D eigenvalue weighted by atomic mass is 16.2. The molecule has 0 radical (unpaired) electrons. The van der Waals surface area contributed by atoms with Gasteiger partial charge in [-0.25, -0.2) is 4.79 Å². The van der Waals surface area contributed by atoms with Gasteiger partial charge < -0.3 is 15.0 Å². The summed E-state index contributed by atoms with van der Waals surface area (Å²) in [6, 6.07) is 4.64. The minimum atomic E-state index is -0.688. The average molecular weight is 399 g/mol. The number of carbonyl (C=O) groups excluding carboxylic acids is 4. The Bertz CT molecular complexity index is 831. The van der Waals surface area contributed by atoms with Crippen LogP contribution in [0.5, 0.6) is 0 Å². The molecule has 1 heterocycles. The molecule has 1 aliphatic heterocycles. The molecule has 0 aromatic heterocycles. The average Bonchev–Trinajstić information content (AvgIpc) is 2.95. The van der Waals surface area contributed by atoms with E-state index in [1.54, 1.807) is 7.05 Å². The second kappa shape index (κ2) is 10.0. The van der Waals surface area contributed by atoms with Gasteiger partial charge in [-0.15, -0.1) is 0 Å². The highest BCUT2D eigenvalue weighted by molar-refractivity contribution is 6.12. The van der Waals surface area contributed by atoms with E-state index in [0.29, 0.717) is 24.2 Å². The molecule has 1 N–H and O–H groups in total. The number of aldehydes is 1. The monoisotopic (exact) mass is 399 g/mol. The van der Waals surface area contributed by atoms with Crippen LogP contribution in [0, 0.1) is 0 Å². The number of urea groups is 1. The number of fused-ring (bicyclic) bond motifs is 1. The lowest BCUT2D eigenvalue weighted by Gasteiger charge is -2.27. The normalized spacial score (nSPS) is 15.2. The third-order valence-corrected chi connectivity index (χ3v) is 4.94. The minimum absolute atomic E-state index is 0.156. The lowest BCUT2D eigenvalue weighted by atomic mass is 10.0. The van der Waals surface area contributed by atoms with Crippen molar-refractivity contribution in [1.29, 1.82) is 0 Å². The maximum absolute atomic E-state index is 13.4. The van der Waals surface area contributed by atoms with Crippen molar-refractivity contribution in [3.8, 4) is 0 Å². The number of hydrogen-bond donors (Lipinski definition) is 1. The van der Waals surface area contributed by atoms with Gasteiger partial charge in [0.15, 0.2) is 5.78 Å². The first-order valence-corrected chi connectivity index (χ1v) is 9.96. The summed E-state index contributed by atoms with van der Waals surface area (Å²) >= 11 is 0. The molecule has 3 amide bonds. The fourth-order valence-corrected chi connectivity index (χ4v) is 3.62. The van der Waals surface area contributed by atoms with E-state index >= 15 is 0 Å². The largest absolute Gasteiger partial charge is 0.338 e. The second-order valence-electron chi connectivity index (χ2n) is 7.07. The summed E-state index contributed by atoms with van der Waals surface area (Å²) in [6.45, 7) is 6.04. The molecule has 0 spiro atoms. The number of hydrogen-bond acceptors (Lipinski definition) is 4. The molecule has 1 aromatic rings. The van der Waals surface area contributed by atoms with Crippen LogP contribution >= 0.6 is 0 Å². The molecule has 1 unspecified atom stereocenters. The molecular formula is C22H29N3O4. The molecule has 0 aliphatic carbocycles. The Morgan fingerprint density at radius 2 is 2.00 bits per heavy atom. The number of carbonyl (C=O) groups is 4. The lowest BCUT2D eigenvalue weighted by molar-refractivity contribution is -0.120. The molecule has 1 aliphatic rings. The van der Waals surface area contributed by atoms with E-state index in [1.165, 1.54) is 16.7 Å². The zero-order valence-electron chi connectivity index (χ0n) is 17.5. The van der Waals surface area contributed by atoms with Gasteiger partial charge in [-0.3, -0.25) is 14.5 Å². The van der Waals surface area contributed by atoms with Crippen molar-refractivity contribution in [2.45, 2.75) is 52.6 Å². The Morgan fingerprint density at radius 3 is 2.59 bits per heavy atom. The van der Waals surface area contributed by atoms with E-state index in [9.17, 15) is 19.2 Å². The van der Waals surface area contributed by atoms with E-state index < -0.39 is 6.04 Å². The summed E-state index contributed by atoms with van der Waals surface area (Å²) in [5.74, 6) is -0.415. The molecule has 1 atom stereocenters. The Hall–Kier alpha value is -2.96. The topological polar surface area (TPSA) is 86.8 Å². The molecule has 0 fully saturated rings. The molecule has 0 saturated heterocycles. The summed E-state index contributed by atoms with van der Waals surface area (Å²) in [5.41, 5.74) is 2.70. The maximum atomic E-state index is 13.4. The van der Waals surface area contributed by atoms with Crippen LogP contribution in [0.3, 0.4) is 0 Å². The van der Waals surface area contributed by atoms with Gasteiger partial charge in [0.1, 0.15) is 6.29 Å². The molecule has 0 bridgehead atoms. The molecule has 2 rings (SSSR count). The van der Waals surface area contributed by atoms with Gasteiger partial charge in [-0.2, -0.15) is 0 Å². The highest BCUT2D eigenvalue weighted by Crippen LogP contribution is 2.38. The van der Waals surface area contributed by atoms with E-state index in [-0.39, 0.29) is 37.1 Å². The first-order valence-electron chi connectivity index (χ1n) is 9.96. The van der Waals surface area contributed by atoms with Gasteiger partial charge in [0, 0.05) is 37.8 Å². The predicted octanol–water partition coefficient (Wildman–Crippen LogP) is 2.99. The van der Waals surface area contributed by atoms with Crippen LogP contribution in [-0.4, -0.2) is 53.4 Å². The molecule has 7 heteroatoms. The van der Waals surface area contributed by atoms with Crippen molar-refractivity contribution < 1.29 is 19.2 Å². The maximum Gasteiger partial charge on any atom is 0.317 e. The van der Waals surface area contributed by atoms with Crippen molar-refractivity contribution >= 4 is 29.7 Å². The number of rotatable bonds is 9. The van der Waals surface area contributed by atoms with Crippen LogP contribution in [0.1, 0.15) is 61.5 Å². The van der Waals surface area contributed by atoms with Crippen molar-refractivity contribution in [2.75, 3.05) is 13.6 Å². The molecule has 156 valence electrons. The first kappa shape index (κ1) is 22.3. The fraction of sp³-hybridized carbons (Fsp3) is 0.455. The molecule has 7 nitrogen and oxygen atoms in total. The fourth-order valence-electron chi connectivity index (χ4n) is 3.62. The summed E-state index contributed by atoms with van der Waals surface area (Å²) < 4.78 is 0. The Balaban J connectivity index is 2.48. The van der Waals surface area contributed by atoms with Crippen molar-refractivity contribution in [2.24, 2.45) is 0 Å². The number of ketones is 1. The third kappa shape index (κ3) is 4.72. The van der Waals surface area contributed by atoms with Gasteiger partial charge in [-0.1, -0.05) is 31.2 Å². The summed E-state index contributed by atoms with van der Waals surface area (Å²) in [6.07, 6.45) is 3.88. The van der Waals surface area contributed by atoms with Gasteiger partial charge in [0.25, 0.3) is 5.91 Å². The van der Waals surface area contributed by atoms with Crippen LogP contribution in [-0.2, 0) is 16.1 Å². The Labute approximate surface area is 171 Å². The highest BCUT2D eigenvalue weighted by Gasteiger charge is 2.39. The van der Waals surface area contributed by atoms with E-state index in [4.69, 9.17) is 0 Å². The van der Waals surface area contributed by atoms with Crippen LogP contribution in [0.25, 0.3) is 5.70 Å². The number of Topliss-reactive ketones (excluding diaryl/α,β-unsaturated/α-hetero) is 1. The van der Waals surface area contributed by atoms with Crippen molar-refractivity contribution in [1.82, 2.24) is 15.1 Å². The van der Waals surface area contributed by atoms with Gasteiger partial charge in [-0.05, 0) is 32.3 Å². The van der Waals surface area contributed by atoms with Crippen LogP contribution in [0.15, 0.2) is 24.3 Å². The number of amides is 3. The third-order valence-electron chi connectivity index (χ3n) is 4.94. The van der Waals surface area contributed by atoms with Crippen LogP contribution in [0.2, 0.25) is 0 Å². The van der Waals surface area contributed by atoms with Gasteiger partial charge in [0.2, 0.25) is 0 Å². The Morgan fingerprint density at radius 1 is 1.28 bits per heavy atom. The standard InChI is InChI=1S/C22H29N3O4/c1-5-9-19-17-11-7-10-16(14-24(4)22(29)23-6-2)20(17)21(28)25(19)18(15(3)27)12-8-13-26/h7,9-11,13,18H,5-6,8,12,14H2,1-4H3,(H,23,29). The predicted molar refractivity (Wildman–Crippen MR) is 111 cm³/mol. The summed E-state index contributed by atoms with van der Waals surface area (Å²) in [5, 5.41) is 2.74. The Kier molecular flexibility index (Phi) is 7.70. The minimum Gasteiger partial charge on any atom is -0.338 e. The molecule has 1 aromatic carbocycles. The quantitative estimate of drug-likeness (QED) is 0.647. The molecule has 29 heavy (non-hydrogen) atoms. The van der Waals surface area contributed by atoms with Crippen LogP contribution < -0.4 is 5.32 Å². The SMILES string of the molecule is CCC=C1c2cccc(CN(C)C(=O)NCC)c2C(=O)N1C(CCC=O)C(C)=O. The van der Waals surface area contributed by atoms with E-state index in [1.807, 2.05) is 38.1 Å². The van der Waals surface area contributed by atoms with Crippen molar-refractivity contribution in [3.63, 3.8) is 0 Å². The van der Waals surface area contributed by atoms with E-state index in [0.717, 1.165) is 17.4 Å². The van der Waals surface area contributed by atoms with Gasteiger partial charge in [0.05, 0.1) is 11.6 Å². The second-order valence-corrected chi connectivity index (χ2v) is 7.07. The lowest BCUT2D eigenvalue weighted by Crippen LogP contribution is -2.40. The van der Waals surface area contributed by atoms with Crippen LogP contribution in [0.4, 0.5) is 4.79 Å². The zero-order chi connectivity index (χ0) is 21.6.